The van der Waals surface area contributed by atoms with E-state index in [9.17, 15) is 31.1 Å². The van der Waals surface area contributed by atoms with Crippen LogP contribution in [0.3, 0.4) is 0 Å². The summed E-state index contributed by atoms with van der Waals surface area (Å²) in [5.74, 6) is -4.98. The number of rotatable bonds is 4. The van der Waals surface area contributed by atoms with E-state index in [1.807, 2.05) is 13.0 Å². The number of nitrogens with zero attached hydrogens (tertiary/aromatic N) is 3. The molecule has 2 N–H and O–H groups in total. The van der Waals surface area contributed by atoms with Crippen LogP contribution in [0.25, 0.3) is 0 Å². The maximum Gasteiger partial charge on any atom is 0.490 e. The molecule has 2 atom stereocenters. The van der Waals surface area contributed by atoms with Gasteiger partial charge in [-0.15, -0.1) is 0 Å². The van der Waals surface area contributed by atoms with Crippen molar-refractivity contribution in [3.05, 3.63) is 29.6 Å². The highest BCUT2D eigenvalue weighted by Gasteiger charge is 2.52. The molecule has 3 aliphatic heterocycles. The summed E-state index contributed by atoms with van der Waals surface area (Å²) in [6, 6.07) is 6.16. The number of halogens is 6. The highest BCUT2D eigenvalue weighted by atomic mass is 19.4. The summed E-state index contributed by atoms with van der Waals surface area (Å²) >= 11 is 0. The Morgan fingerprint density at radius 3 is 2.21 bits per heavy atom. The number of ether oxygens (including phenoxy) is 1. The number of carboxylic acid groups (broad SMARTS) is 2. The van der Waals surface area contributed by atoms with Crippen LogP contribution >= 0.6 is 0 Å². The fourth-order valence-corrected chi connectivity index (χ4v) is 4.41. The van der Waals surface area contributed by atoms with Gasteiger partial charge >= 0.3 is 24.3 Å². The molecule has 3 fully saturated rings. The molecule has 220 valence electrons. The maximum absolute atomic E-state index is 12.7. The number of pyridine rings is 1. The number of fused-ring (bicyclic) bond motifs is 1. The topological polar surface area (TPSA) is 130 Å². The van der Waals surface area contributed by atoms with Crippen LogP contribution in [0.1, 0.15) is 30.7 Å². The zero-order chi connectivity index (χ0) is 29.4. The summed E-state index contributed by atoms with van der Waals surface area (Å²) in [4.78, 5) is 43.1. The number of aromatic nitrogens is 1. The highest BCUT2D eigenvalue weighted by Crippen LogP contribution is 2.44. The van der Waals surface area contributed by atoms with Gasteiger partial charge < -0.3 is 14.9 Å². The number of carbonyl (C=O) groups is 3. The van der Waals surface area contributed by atoms with Crippen LogP contribution in [0.4, 0.5) is 26.3 Å². The zero-order valence-corrected chi connectivity index (χ0v) is 20.9. The number of carbonyl (C=O) groups excluding carboxylic acids is 1. The molecular formula is C23H29F6N3O7. The van der Waals surface area contributed by atoms with Gasteiger partial charge in [0.15, 0.2) is 0 Å². The van der Waals surface area contributed by atoms with Gasteiger partial charge in [-0.1, -0.05) is 6.07 Å². The quantitative estimate of drug-likeness (QED) is 0.522. The summed E-state index contributed by atoms with van der Waals surface area (Å²) in [5, 5.41) is 15.8. The third kappa shape index (κ3) is 9.93. The van der Waals surface area contributed by atoms with E-state index in [-0.39, 0.29) is 11.3 Å². The van der Waals surface area contributed by atoms with E-state index >= 15 is 0 Å². The summed E-state index contributed by atoms with van der Waals surface area (Å²) in [6.45, 7) is 7.54. The van der Waals surface area contributed by atoms with Crippen molar-refractivity contribution in [2.75, 3.05) is 39.5 Å². The fourth-order valence-electron chi connectivity index (χ4n) is 4.41. The Hall–Kier alpha value is -2.98. The number of hydroxylamine groups is 2. The Morgan fingerprint density at radius 2 is 1.69 bits per heavy atom. The van der Waals surface area contributed by atoms with Gasteiger partial charge in [-0.2, -0.15) is 26.3 Å². The van der Waals surface area contributed by atoms with Crippen LogP contribution in [0.2, 0.25) is 0 Å². The highest BCUT2D eigenvalue weighted by molar-refractivity contribution is 5.76. The van der Waals surface area contributed by atoms with Crippen molar-refractivity contribution in [2.45, 2.75) is 45.1 Å². The summed E-state index contributed by atoms with van der Waals surface area (Å²) in [7, 11) is 0. The standard InChI is InChI=1S/C19H27N3O3.2C2HF3O2/c1-15-5-4-6-17(20-15)11-21-10-16-12-24-14-19(16,13-21)9-18(23)22-7-2-3-8-25-22;2*3-2(4,5)1(6)7/h4-6,16H,2-3,7-14H2,1H3;2*(H,6,7)/t16-,19+;;/m1../s1. The molecule has 39 heavy (non-hydrogen) atoms. The molecule has 10 nitrogen and oxygen atoms in total. The Morgan fingerprint density at radius 1 is 1.08 bits per heavy atom. The lowest BCUT2D eigenvalue weighted by Gasteiger charge is -2.31. The lowest BCUT2D eigenvalue weighted by atomic mass is 9.78. The van der Waals surface area contributed by atoms with E-state index in [1.165, 1.54) is 0 Å². The lowest BCUT2D eigenvalue weighted by Crippen LogP contribution is -2.41. The summed E-state index contributed by atoms with van der Waals surface area (Å²) in [5.41, 5.74) is 2.08. The predicted octanol–water partition coefficient (Wildman–Crippen LogP) is 3.05. The first-order valence-corrected chi connectivity index (χ1v) is 11.8. The van der Waals surface area contributed by atoms with E-state index in [2.05, 4.69) is 22.0 Å². The van der Waals surface area contributed by atoms with Crippen molar-refractivity contribution in [1.29, 1.82) is 0 Å². The molecule has 0 aliphatic carbocycles. The number of hydrogen-bond donors (Lipinski definition) is 2. The van der Waals surface area contributed by atoms with Crippen LogP contribution in [-0.4, -0.2) is 94.8 Å². The number of alkyl halides is 6. The molecule has 4 heterocycles. The summed E-state index contributed by atoms with van der Waals surface area (Å²) in [6.07, 6.45) is -7.57. The second-order valence-corrected chi connectivity index (χ2v) is 9.33. The first kappa shape index (κ1) is 32.2. The van der Waals surface area contributed by atoms with Crippen molar-refractivity contribution in [3.8, 4) is 0 Å². The van der Waals surface area contributed by atoms with E-state index in [0.29, 0.717) is 25.6 Å². The average molecular weight is 573 g/mol. The first-order chi connectivity index (χ1) is 18.0. The minimum absolute atomic E-state index is 0.0677. The van der Waals surface area contributed by atoms with Crippen molar-refractivity contribution in [3.63, 3.8) is 0 Å². The molecule has 0 bridgehead atoms. The molecule has 1 aromatic rings. The SMILES string of the molecule is Cc1cccc(CN2C[C@@H]3COC[C@]3(CC(=O)N3CCCCO3)C2)n1.O=C(O)C(F)(F)F.O=C(O)C(F)(F)F. The molecular weight excluding hydrogens is 544 g/mol. The van der Waals surface area contributed by atoms with Gasteiger partial charge in [-0.05, 0) is 31.9 Å². The van der Waals surface area contributed by atoms with Gasteiger partial charge in [-0.25, -0.2) is 14.7 Å². The van der Waals surface area contributed by atoms with Crippen LogP contribution < -0.4 is 0 Å². The van der Waals surface area contributed by atoms with Gasteiger partial charge in [0, 0.05) is 49.6 Å². The van der Waals surface area contributed by atoms with Crippen molar-refractivity contribution in [2.24, 2.45) is 11.3 Å². The molecule has 3 saturated heterocycles. The molecule has 1 amide bonds. The van der Waals surface area contributed by atoms with Crippen LogP contribution in [0.15, 0.2) is 18.2 Å². The minimum atomic E-state index is -5.08. The maximum atomic E-state index is 12.7. The third-order valence-corrected chi connectivity index (χ3v) is 6.19. The molecule has 0 aromatic carbocycles. The molecule has 4 rings (SSSR count). The van der Waals surface area contributed by atoms with Gasteiger partial charge in [0.1, 0.15) is 0 Å². The molecule has 0 saturated carbocycles. The lowest BCUT2D eigenvalue weighted by molar-refractivity contribution is -0.199. The van der Waals surface area contributed by atoms with Crippen molar-refractivity contribution >= 4 is 17.8 Å². The number of likely N-dealkylation sites (tertiary alicyclic amines) is 1. The Labute approximate surface area is 219 Å². The monoisotopic (exact) mass is 573 g/mol. The predicted molar refractivity (Wildman–Crippen MR) is 120 cm³/mol. The molecule has 0 unspecified atom stereocenters. The first-order valence-electron chi connectivity index (χ1n) is 11.8. The van der Waals surface area contributed by atoms with Crippen molar-refractivity contribution in [1.82, 2.24) is 14.9 Å². The Balaban J connectivity index is 0.000000317. The molecule has 1 aromatic heterocycles. The summed E-state index contributed by atoms with van der Waals surface area (Å²) < 4.78 is 69.2. The minimum Gasteiger partial charge on any atom is -0.475 e. The van der Waals surface area contributed by atoms with E-state index < -0.39 is 24.3 Å². The van der Waals surface area contributed by atoms with Gasteiger partial charge in [0.25, 0.3) is 0 Å². The average Bonchev–Trinajstić information content (AvgIpc) is 3.35. The number of amides is 1. The van der Waals surface area contributed by atoms with Gasteiger partial charge in [-0.3, -0.25) is 19.5 Å². The van der Waals surface area contributed by atoms with E-state index in [1.54, 1.807) is 5.06 Å². The second kappa shape index (κ2) is 13.4. The third-order valence-electron chi connectivity index (χ3n) is 6.19. The van der Waals surface area contributed by atoms with Crippen LogP contribution in [0, 0.1) is 18.3 Å². The smallest absolute Gasteiger partial charge is 0.475 e. The van der Waals surface area contributed by atoms with E-state index in [0.717, 1.165) is 57.0 Å². The second-order valence-electron chi connectivity index (χ2n) is 9.33. The number of aryl methyl sites for hydroxylation is 1. The Kier molecular flexibility index (Phi) is 11.1. The fraction of sp³-hybridized carbons (Fsp3) is 0.652. The van der Waals surface area contributed by atoms with Crippen LogP contribution in [-0.2, 0) is 30.5 Å². The van der Waals surface area contributed by atoms with Crippen LogP contribution in [0.5, 0.6) is 0 Å². The van der Waals surface area contributed by atoms with Gasteiger partial charge in [0.05, 0.1) is 25.5 Å². The van der Waals surface area contributed by atoms with E-state index in [4.69, 9.17) is 29.4 Å². The molecule has 0 radical (unpaired) electrons. The number of hydrogen-bond acceptors (Lipinski definition) is 7. The zero-order valence-electron chi connectivity index (χ0n) is 20.9. The van der Waals surface area contributed by atoms with Crippen molar-refractivity contribution < 1.29 is 60.5 Å². The molecule has 3 aliphatic rings. The largest absolute Gasteiger partial charge is 0.490 e. The number of carboxylic acids is 2. The normalized spacial score (nSPS) is 23.2. The number of aliphatic carboxylic acids is 2. The molecule has 16 heteroatoms. The Bertz CT molecular complexity index is 977. The molecule has 0 spiro atoms. The van der Waals surface area contributed by atoms with Gasteiger partial charge in [0.2, 0.25) is 5.91 Å².